The summed E-state index contributed by atoms with van der Waals surface area (Å²) in [7, 11) is -3.41. The molecule has 4 fully saturated rings. The van der Waals surface area contributed by atoms with Crippen LogP contribution < -0.4 is 10.0 Å². The second-order valence-electron chi connectivity index (χ2n) is 17.3. The van der Waals surface area contributed by atoms with E-state index in [1.54, 1.807) is 24.5 Å². The summed E-state index contributed by atoms with van der Waals surface area (Å²) in [6.45, 7) is 8.48. The number of aliphatic hydroxyl groups excluding tert-OH is 2. The zero-order valence-corrected chi connectivity index (χ0v) is 35.8. The molecule has 12 heteroatoms. The molecule has 11 nitrogen and oxygen atoms in total. The van der Waals surface area contributed by atoms with E-state index in [2.05, 4.69) is 72.0 Å². The molecule has 2 aromatic heterocycles. The van der Waals surface area contributed by atoms with Gasteiger partial charge in [-0.3, -0.25) is 14.8 Å². The molecule has 2 aliphatic carbocycles. The highest BCUT2D eigenvalue weighted by molar-refractivity contribution is 7.90. The van der Waals surface area contributed by atoms with Crippen LogP contribution in [0.4, 0.5) is 0 Å². The molecule has 2 saturated carbocycles. The fourth-order valence-electron chi connectivity index (χ4n) is 10.3. The molecule has 0 spiro atoms. The molecule has 2 saturated heterocycles. The van der Waals surface area contributed by atoms with Gasteiger partial charge in [-0.1, -0.05) is 88.4 Å². The fourth-order valence-corrected chi connectivity index (χ4v) is 12.5. The van der Waals surface area contributed by atoms with E-state index in [-0.39, 0.29) is 60.7 Å². The standard InChI is InChI=1S/C25H27N3O2.C24H27N3O3S/c1-15-11-22-24(23(14-29)28-25(22)30)20(16(15)2)10-9-19-8-7-18(13-27-19)21-6-4-3-5-17(21)12-26;1-15-11-23-24(22(14-28)27-31(23,29)30)20(16(15)2)10-9-19-8-7-18(13-26-19)21-6-4-3-5-17(21)12-25/h3-10,13,15-16,20,22-24,29H,11,14H2,1-2H3,(H,28,30);3-10,13,15-16,20,22-24,27-28H,11,14H2,1-2H3/b2*10-9+/t15-,16+,20-,22+,23+,24-;15-,16+,20-,22+,23+,24+/m00/s1. The van der Waals surface area contributed by atoms with Crippen molar-refractivity contribution in [3.8, 4) is 34.4 Å². The van der Waals surface area contributed by atoms with Crippen LogP contribution in [-0.4, -0.2) is 65.1 Å². The van der Waals surface area contributed by atoms with Gasteiger partial charge in [0.25, 0.3) is 0 Å². The number of amides is 1. The molecule has 0 bridgehead atoms. The lowest BCUT2D eigenvalue weighted by molar-refractivity contribution is -0.124. The highest BCUT2D eigenvalue weighted by Crippen LogP contribution is 2.48. The van der Waals surface area contributed by atoms with E-state index in [9.17, 15) is 33.9 Å². The summed E-state index contributed by atoms with van der Waals surface area (Å²) < 4.78 is 27.8. The molecule has 0 unspecified atom stereocenters. The van der Waals surface area contributed by atoms with Gasteiger partial charge in [-0.2, -0.15) is 10.5 Å². The predicted octanol–water partition coefficient (Wildman–Crippen LogP) is 6.85. The summed E-state index contributed by atoms with van der Waals surface area (Å²) in [5, 5.41) is 40.7. The first-order valence-corrected chi connectivity index (χ1v) is 22.7. The zero-order valence-electron chi connectivity index (χ0n) is 35.0. The van der Waals surface area contributed by atoms with E-state index in [0.29, 0.717) is 35.3 Å². The number of nitrogens with zero attached hydrogens (tertiary/aromatic N) is 4. The summed E-state index contributed by atoms with van der Waals surface area (Å²) in [6, 6.07) is 26.5. The van der Waals surface area contributed by atoms with Crippen LogP contribution in [0.15, 0.2) is 97.3 Å². The molecular formula is C49H54N6O5S. The van der Waals surface area contributed by atoms with Crippen molar-refractivity contribution < 1.29 is 23.4 Å². The van der Waals surface area contributed by atoms with Gasteiger partial charge in [0, 0.05) is 52.5 Å². The second kappa shape index (κ2) is 18.6. The maximum Gasteiger partial charge on any atom is 0.223 e. The Bertz CT molecular complexity index is 2460. The molecule has 4 aliphatic rings. The van der Waals surface area contributed by atoms with Crippen LogP contribution in [-0.2, 0) is 14.8 Å². The topological polar surface area (TPSA) is 189 Å². The average Bonchev–Trinajstić information content (AvgIpc) is 3.74. The Hall–Kier alpha value is -5.50. The predicted molar refractivity (Wildman–Crippen MR) is 236 cm³/mol. The number of nitriles is 2. The van der Waals surface area contributed by atoms with E-state index in [0.717, 1.165) is 40.1 Å². The van der Waals surface area contributed by atoms with Crippen LogP contribution in [0.5, 0.6) is 0 Å². The normalized spacial score (nSPS) is 31.3. The molecule has 4 N–H and O–H groups in total. The van der Waals surface area contributed by atoms with E-state index in [1.165, 1.54) is 0 Å². The largest absolute Gasteiger partial charge is 0.395 e. The molecule has 0 radical (unpaired) electrons. The smallest absolute Gasteiger partial charge is 0.223 e. The molecule has 8 rings (SSSR count). The van der Waals surface area contributed by atoms with E-state index in [4.69, 9.17) is 0 Å². The number of carbonyl (C=O) groups excluding carboxylic acids is 1. The minimum atomic E-state index is -3.41. The van der Waals surface area contributed by atoms with Crippen molar-refractivity contribution in [2.45, 2.75) is 57.9 Å². The van der Waals surface area contributed by atoms with Gasteiger partial charge in [-0.25, -0.2) is 13.1 Å². The highest BCUT2D eigenvalue weighted by Gasteiger charge is 2.54. The second-order valence-corrected chi connectivity index (χ2v) is 19.3. The Kier molecular flexibility index (Phi) is 13.3. The third-order valence-corrected chi connectivity index (χ3v) is 15.9. The number of rotatable bonds is 8. The van der Waals surface area contributed by atoms with Crippen LogP contribution in [0, 0.1) is 75.9 Å². The lowest BCUT2D eigenvalue weighted by Crippen LogP contribution is -2.44. The van der Waals surface area contributed by atoms with Gasteiger partial charge in [0.05, 0.1) is 59.2 Å². The van der Waals surface area contributed by atoms with Gasteiger partial charge in [-0.05, 0) is 90.7 Å². The van der Waals surface area contributed by atoms with Crippen molar-refractivity contribution in [3.63, 3.8) is 0 Å². The third-order valence-electron chi connectivity index (χ3n) is 14.0. The molecule has 4 aromatic rings. The molecule has 61 heavy (non-hydrogen) atoms. The maximum absolute atomic E-state index is 12.6. The van der Waals surface area contributed by atoms with Gasteiger partial charge in [0.1, 0.15) is 0 Å². The zero-order chi connectivity index (χ0) is 43.4. The van der Waals surface area contributed by atoms with E-state index in [1.807, 2.05) is 72.8 Å². The first-order chi connectivity index (χ1) is 29.4. The van der Waals surface area contributed by atoms with Crippen LogP contribution >= 0.6 is 0 Å². The summed E-state index contributed by atoms with van der Waals surface area (Å²) in [5.74, 6) is 1.67. The summed E-state index contributed by atoms with van der Waals surface area (Å²) in [5.41, 5.74) is 6.36. The van der Waals surface area contributed by atoms with Crippen molar-refractivity contribution in [3.05, 3.63) is 120 Å². The molecule has 1 amide bonds. The Labute approximate surface area is 359 Å². The van der Waals surface area contributed by atoms with Crippen molar-refractivity contribution >= 4 is 28.1 Å². The average molecular weight is 839 g/mol. The van der Waals surface area contributed by atoms with Gasteiger partial charge in [-0.15, -0.1) is 0 Å². The van der Waals surface area contributed by atoms with Crippen molar-refractivity contribution in [2.75, 3.05) is 13.2 Å². The highest BCUT2D eigenvalue weighted by atomic mass is 32.2. The van der Waals surface area contributed by atoms with Crippen LogP contribution in [0.1, 0.15) is 63.1 Å². The summed E-state index contributed by atoms with van der Waals surface area (Å²) in [4.78, 5) is 21.5. The number of fused-ring (bicyclic) bond motifs is 2. The number of pyridine rings is 2. The van der Waals surface area contributed by atoms with Crippen LogP contribution in [0.3, 0.4) is 0 Å². The SMILES string of the molecule is C[C@H]1[C@H](/C=C/c2ccc(-c3ccccc3C#N)cn2)[C@@H]2[C@@H](CO)NC(=O)[C@@H]2C[C@@H]1C.C[C@H]1[C@H](/C=C/c2ccc(-c3ccccc3C#N)cn2)[C@H]2[C@@H](C[C@@H]1C)S(=O)(=O)N[C@@H]2CO. The number of sulfonamides is 1. The molecule has 4 heterocycles. The van der Waals surface area contributed by atoms with Gasteiger partial charge in [0.15, 0.2) is 0 Å². The number of aromatic nitrogens is 2. The minimum Gasteiger partial charge on any atom is -0.395 e. The Morgan fingerprint density at radius 1 is 0.705 bits per heavy atom. The molecule has 12 atom stereocenters. The van der Waals surface area contributed by atoms with Crippen LogP contribution in [0.2, 0.25) is 0 Å². The number of carbonyl (C=O) groups is 1. The van der Waals surface area contributed by atoms with Gasteiger partial charge < -0.3 is 15.5 Å². The monoisotopic (exact) mass is 838 g/mol. The molecule has 316 valence electrons. The van der Waals surface area contributed by atoms with Gasteiger partial charge >= 0.3 is 0 Å². The molecular weight excluding hydrogens is 785 g/mol. The number of nitrogens with one attached hydrogen (secondary N) is 2. The van der Waals surface area contributed by atoms with Crippen molar-refractivity contribution in [1.29, 1.82) is 10.5 Å². The summed E-state index contributed by atoms with van der Waals surface area (Å²) >= 11 is 0. The minimum absolute atomic E-state index is 0.0242. The quantitative estimate of drug-likeness (QED) is 0.147. The Morgan fingerprint density at radius 3 is 1.67 bits per heavy atom. The number of hydrogen-bond acceptors (Lipinski definition) is 9. The van der Waals surface area contributed by atoms with E-state index < -0.39 is 21.3 Å². The number of aliphatic hydroxyl groups is 2. The van der Waals surface area contributed by atoms with Gasteiger partial charge in [0.2, 0.25) is 15.9 Å². The first kappa shape index (κ1) is 43.6. The third kappa shape index (κ3) is 8.96. The molecule has 2 aliphatic heterocycles. The van der Waals surface area contributed by atoms with Crippen molar-refractivity contribution in [1.82, 2.24) is 20.0 Å². The van der Waals surface area contributed by atoms with Crippen molar-refractivity contribution in [2.24, 2.45) is 53.3 Å². The first-order valence-electron chi connectivity index (χ1n) is 21.2. The Balaban J connectivity index is 0.000000184. The Morgan fingerprint density at radius 2 is 1.20 bits per heavy atom. The maximum atomic E-state index is 12.6. The lowest BCUT2D eigenvalue weighted by atomic mass is 9.62. The number of benzene rings is 2. The van der Waals surface area contributed by atoms with Crippen LogP contribution in [0.25, 0.3) is 34.4 Å². The molecule has 2 aromatic carbocycles. The number of hydrogen-bond donors (Lipinski definition) is 4. The lowest BCUT2D eigenvalue weighted by Gasteiger charge is -2.41. The fraction of sp³-hybridized carbons (Fsp3) is 0.408. The summed E-state index contributed by atoms with van der Waals surface area (Å²) in [6.07, 6.45) is 13.2. The number of allylic oxidation sites excluding steroid dienone is 2. The van der Waals surface area contributed by atoms with E-state index >= 15 is 0 Å².